The van der Waals surface area contributed by atoms with Crippen LogP contribution in [0.15, 0.2) is 76.7 Å². The van der Waals surface area contributed by atoms with Gasteiger partial charge < -0.3 is 9.67 Å². The average Bonchev–Trinajstić information content (AvgIpc) is 2.87. The van der Waals surface area contributed by atoms with E-state index >= 15 is 0 Å². The summed E-state index contributed by atoms with van der Waals surface area (Å²) in [6.45, 7) is 0. The molecule has 0 amide bonds. The third-order valence-corrected chi connectivity index (χ3v) is 5.11. The molecule has 0 unspecified atom stereocenters. The molecule has 0 bridgehead atoms. The SMILES string of the molecule is Cn1cc(Sc2c(O)ccc3ccccc23)c2ccccc21. The number of para-hydroxylation sites is 1. The van der Waals surface area contributed by atoms with Gasteiger partial charge in [0.2, 0.25) is 0 Å². The van der Waals surface area contributed by atoms with Gasteiger partial charge in [0, 0.05) is 29.0 Å². The van der Waals surface area contributed by atoms with E-state index in [0.717, 1.165) is 20.6 Å². The van der Waals surface area contributed by atoms with Gasteiger partial charge in [-0.15, -0.1) is 0 Å². The maximum Gasteiger partial charge on any atom is 0.130 e. The van der Waals surface area contributed by atoms with Crippen molar-refractivity contribution in [1.82, 2.24) is 4.57 Å². The predicted molar refractivity (Wildman–Crippen MR) is 92.7 cm³/mol. The van der Waals surface area contributed by atoms with Gasteiger partial charge >= 0.3 is 0 Å². The zero-order chi connectivity index (χ0) is 15.1. The predicted octanol–water partition coefficient (Wildman–Crippen LogP) is 5.19. The number of hydrogen-bond acceptors (Lipinski definition) is 2. The van der Waals surface area contributed by atoms with Gasteiger partial charge in [0.1, 0.15) is 5.75 Å². The molecule has 0 spiro atoms. The fourth-order valence-corrected chi connectivity index (χ4v) is 4.02. The summed E-state index contributed by atoms with van der Waals surface area (Å²) in [7, 11) is 2.05. The Hall–Kier alpha value is -2.39. The van der Waals surface area contributed by atoms with Crippen LogP contribution in [-0.2, 0) is 7.05 Å². The highest BCUT2D eigenvalue weighted by atomic mass is 32.2. The maximum absolute atomic E-state index is 10.3. The molecule has 2 nitrogen and oxygen atoms in total. The standard InChI is InChI=1S/C19H15NOS/c1-20-12-18(15-8-4-5-9-16(15)20)22-19-14-7-3-2-6-13(14)10-11-17(19)21/h2-12,21H,1H3. The number of hydrogen-bond donors (Lipinski definition) is 1. The van der Waals surface area contributed by atoms with E-state index in [-0.39, 0.29) is 0 Å². The summed E-state index contributed by atoms with van der Waals surface area (Å²) < 4.78 is 2.12. The molecule has 0 saturated carbocycles. The smallest absolute Gasteiger partial charge is 0.130 e. The van der Waals surface area contributed by atoms with Crippen LogP contribution in [0.25, 0.3) is 21.7 Å². The minimum absolute atomic E-state index is 0.330. The van der Waals surface area contributed by atoms with Crippen molar-refractivity contribution in [3.63, 3.8) is 0 Å². The van der Waals surface area contributed by atoms with Crippen molar-refractivity contribution in [2.24, 2.45) is 7.05 Å². The number of benzene rings is 3. The molecule has 0 aliphatic rings. The summed E-state index contributed by atoms with van der Waals surface area (Å²) in [5, 5.41) is 13.8. The Kier molecular flexibility index (Phi) is 3.09. The van der Waals surface area contributed by atoms with Crippen molar-refractivity contribution in [3.8, 4) is 5.75 Å². The first-order valence-corrected chi connectivity index (χ1v) is 7.98. The largest absolute Gasteiger partial charge is 0.507 e. The van der Waals surface area contributed by atoms with Crippen molar-refractivity contribution >= 4 is 33.4 Å². The second-order valence-corrected chi connectivity index (χ2v) is 6.41. The summed E-state index contributed by atoms with van der Waals surface area (Å²) in [5.74, 6) is 0.330. The zero-order valence-electron chi connectivity index (χ0n) is 12.2. The number of aryl methyl sites for hydroxylation is 1. The molecular formula is C19H15NOS. The van der Waals surface area contributed by atoms with Crippen LogP contribution >= 0.6 is 11.8 Å². The molecule has 0 saturated heterocycles. The van der Waals surface area contributed by atoms with Crippen LogP contribution in [0.5, 0.6) is 5.75 Å². The highest BCUT2D eigenvalue weighted by molar-refractivity contribution is 8.00. The molecule has 4 aromatic rings. The number of aromatic hydroxyl groups is 1. The van der Waals surface area contributed by atoms with E-state index in [1.165, 1.54) is 10.9 Å². The van der Waals surface area contributed by atoms with Crippen molar-refractivity contribution < 1.29 is 5.11 Å². The van der Waals surface area contributed by atoms with Gasteiger partial charge in [-0.05, 0) is 22.9 Å². The van der Waals surface area contributed by atoms with Crippen LogP contribution in [0, 0.1) is 0 Å². The quantitative estimate of drug-likeness (QED) is 0.551. The van der Waals surface area contributed by atoms with Gasteiger partial charge in [0.15, 0.2) is 0 Å². The fourth-order valence-electron chi connectivity index (χ4n) is 2.83. The Morgan fingerprint density at radius 1 is 0.864 bits per heavy atom. The summed E-state index contributed by atoms with van der Waals surface area (Å²) >= 11 is 1.62. The first-order chi connectivity index (χ1) is 10.7. The highest BCUT2D eigenvalue weighted by Crippen LogP contribution is 2.42. The number of phenols is 1. The van der Waals surface area contributed by atoms with E-state index in [9.17, 15) is 5.11 Å². The van der Waals surface area contributed by atoms with Crippen LogP contribution < -0.4 is 0 Å². The summed E-state index contributed by atoms with van der Waals surface area (Å²) in [4.78, 5) is 2.07. The van der Waals surface area contributed by atoms with Gasteiger partial charge in [0.05, 0.1) is 4.90 Å². The van der Waals surface area contributed by atoms with Gasteiger partial charge in [0.25, 0.3) is 0 Å². The monoisotopic (exact) mass is 305 g/mol. The summed E-state index contributed by atoms with van der Waals surface area (Å²) in [5.41, 5.74) is 1.20. The number of fused-ring (bicyclic) bond motifs is 2. The molecule has 1 heterocycles. The zero-order valence-corrected chi connectivity index (χ0v) is 13.0. The molecule has 3 heteroatoms. The van der Waals surface area contributed by atoms with Crippen LogP contribution in [0.2, 0.25) is 0 Å². The molecule has 0 fully saturated rings. The first kappa shape index (κ1) is 13.3. The van der Waals surface area contributed by atoms with Crippen molar-refractivity contribution in [2.45, 2.75) is 9.79 Å². The van der Waals surface area contributed by atoms with Crippen molar-refractivity contribution in [2.75, 3.05) is 0 Å². The minimum Gasteiger partial charge on any atom is -0.507 e. The molecular weight excluding hydrogens is 290 g/mol. The second kappa shape index (κ2) is 5.11. The van der Waals surface area contributed by atoms with E-state index in [0.29, 0.717) is 5.75 Å². The fraction of sp³-hybridized carbons (Fsp3) is 0.0526. The summed E-state index contributed by atoms with van der Waals surface area (Å²) in [6.07, 6.45) is 2.12. The molecule has 108 valence electrons. The topological polar surface area (TPSA) is 25.2 Å². The van der Waals surface area contributed by atoms with Gasteiger partial charge in [-0.2, -0.15) is 0 Å². The Morgan fingerprint density at radius 3 is 2.45 bits per heavy atom. The lowest BCUT2D eigenvalue weighted by atomic mass is 10.1. The van der Waals surface area contributed by atoms with Crippen LogP contribution in [0.1, 0.15) is 0 Å². The molecule has 0 aliphatic carbocycles. The molecule has 0 atom stereocenters. The van der Waals surface area contributed by atoms with Crippen molar-refractivity contribution in [3.05, 3.63) is 66.9 Å². The summed E-state index contributed by atoms with van der Waals surface area (Å²) in [6, 6.07) is 20.2. The number of aromatic nitrogens is 1. The van der Waals surface area contributed by atoms with Gasteiger partial charge in [-0.25, -0.2) is 0 Å². The van der Waals surface area contributed by atoms with Crippen LogP contribution in [0.4, 0.5) is 0 Å². The molecule has 3 aromatic carbocycles. The molecule has 0 radical (unpaired) electrons. The minimum atomic E-state index is 0.330. The lowest BCUT2D eigenvalue weighted by Gasteiger charge is -2.08. The molecule has 1 N–H and O–H groups in total. The van der Waals surface area contributed by atoms with Crippen molar-refractivity contribution in [1.29, 1.82) is 0 Å². The Balaban J connectivity index is 1.91. The van der Waals surface area contributed by atoms with E-state index in [2.05, 4.69) is 48.1 Å². The first-order valence-electron chi connectivity index (χ1n) is 7.16. The Labute approximate surface area is 133 Å². The molecule has 4 rings (SSSR count). The second-order valence-electron chi connectivity index (χ2n) is 5.36. The molecule has 0 aliphatic heterocycles. The Bertz CT molecular complexity index is 987. The third-order valence-electron chi connectivity index (χ3n) is 3.93. The van der Waals surface area contributed by atoms with E-state index in [1.54, 1.807) is 17.8 Å². The average molecular weight is 305 g/mol. The lowest BCUT2D eigenvalue weighted by Crippen LogP contribution is -1.81. The molecule has 1 aromatic heterocycles. The highest BCUT2D eigenvalue weighted by Gasteiger charge is 2.12. The van der Waals surface area contributed by atoms with E-state index in [1.807, 2.05) is 24.3 Å². The van der Waals surface area contributed by atoms with Crippen LogP contribution in [-0.4, -0.2) is 9.67 Å². The number of phenolic OH excluding ortho intramolecular Hbond substituents is 1. The normalized spacial score (nSPS) is 11.3. The van der Waals surface area contributed by atoms with E-state index < -0.39 is 0 Å². The van der Waals surface area contributed by atoms with E-state index in [4.69, 9.17) is 0 Å². The Morgan fingerprint density at radius 2 is 1.59 bits per heavy atom. The lowest BCUT2D eigenvalue weighted by molar-refractivity contribution is 0.464. The van der Waals surface area contributed by atoms with Gasteiger partial charge in [-0.3, -0.25) is 0 Å². The molecule has 22 heavy (non-hydrogen) atoms. The van der Waals surface area contributed by atoms with Crippen LogP contribution in [0.3, 0.4) is 0 Å². The number of rotatable bonds is 2. The number of nitrogens with zero attached hydrogens (tertiary/aromatic N) is 1. The van der Waals surface area contributed by atoms with Gasteiger partial charge in [-0.1, -0.05) is 60.3 Å². The third kappa shape index (κ3) is 2.06. The maximum atomic E-state index is 10.3.